The molecule has 0 aromatic heterocycles. The van der Waals surface area contributed by atoms with Gasteiger partial charge in [-0.3, -0.25) is 4.79 Å². The molecule has 6 N–H and O–H groups in total. The summed E-state index contributed by atoms with van der Waals surface area (Å²) in [5.74, 6) is -0.196. The third-order valence-corrected chi connectivity index (χ3v) is 9.44. The molecule has 7 unspecified atom stereocenters. The van der Waals surface area contributed by atoms with Gasteiger partial charge in [-0.15, -0.1) is 0 Å². The molecule has 1 heterocycles. The minimum absolute atomic E-state index is 0.196. The van der Waals surface area contributed by atoms with E-state index in [1.165, 1.54) is 89.9 Å². The van der Waals surface area contributed by atoms with Crippen LogP contribution in [-0.4, -0.2) is 87.5 Å². The van der Waals surface area contributed by atoms with E-state index >= 15 is 0 Å². The summed E-state index contributed by atoms with van der Waals surface area (Å²) in [6, 6.07) is -0.819. The Morgan fingerprint density at radius 2 is 1.14 bits per heavy atom. The number of unbranched alkanes of at least 4 members (excludes halogenated alkanes) is 18. The predicted molar refractivity (Wildman–Crippen MR) is 203 cm³/mol. The van der Waals surface area contributed by atoms with E-state index in [9.17, 15) is 30.3 Å². The molecule has 1 fully saturated rings. The number of ether oxygens (including phenoxy) is 2. The molecule has 0 aliphatic carbocycles. The molecule has 9 nitrogen and oxygen atoms in total. The molecule has 0 saturated carbocycles. The Morgan fingerprint density at radius 1 is 0.660 bits per heavy atom. The average molecular weight is 710 g/mol. The van der Waals surface area contributed by atoms with Crippen molar-refractivity contribution in [2.75, 3.05) is 13.2 Å². The van der Waals surface area contributed by atoms with Crippen LogP contribution >= 0.6 is 0 Å². The summed E-state index contributed by atoms with van der Waals surface area (Å²) in [7, 11) is 0. The summed E-state index contributed by atoms with van der Waals surface area (Å²) < 4.78 is 11.1. The number of aliphatic hydroxyl groups is 5. The summed E-state index contributed by atoms with van der Waals surface area (Å²) in [4.78, 5) is 12.9. The SMILES string of the molecule is CCCCC/C=C/CC/C=C/C(O)C(COC1OC(CO)C(O)C(O)C1O)NC(=O)CCCCCCCCC/C=C\CCCCCCCCC. The van der Waals surface area contributed by atoms with Crippen LogP contribution in [0, 0.1) is 0 Å². The van der Waals surface area contributed by atoms with Gasteiger partial charge in [0.2, 0.25) is 5.91 Å². The summed E-state index contributed by atoms with van der Waals surface area (Å²) in [5.41, 5.74) is 0. The first-order valence-electron chi connectivity index (χ1n) is 20.2. The first-order valence-corrected chi connectivity index (χ1v) is 20.2. The topological polar surface area (TPSA) is 149 Å². The maximum atomic E-state index is 12.9. The van der Waals surface area contributed by atoms with Crippen LogP contribution in [0.1, 0.15) is 162 Å². The van der Waals surface area contributed by atoms with Crippen molar-refractivity contribution in [3.05, 3.63) is 36.5 Å². The van der Waals surface area contributed by atoms with Gasteiger partial charge >= 0.3 is 0 Å². The van der Waals surface area contributed by atoms with Gasteiger partial charge in [0, 0.05) is 6.42 Å². The molecule has 0 aromatic rings. The predicted octanol–water partition coefficient (Wildman–Crippen LogP) is 7.33. The molecule has 0 radical (unpaired) electrons. The molecule has 1 saturated heterocycles. The van der Waals surface area contributed by atoms with Crippen LogP contribution in [0.4, 0.5) is 0 Å². The zero-order valence-electron chi connectivity index (χ0n) is 31.6. The van der Waals surface area contributed by atoms with E-state index in [4.69, 9.17) is 9.47 Å². The van der Waals surface area contributed by atoms with Gasteiger partial charge in [0.15, 0.2) is 6.29 Å². The highest BCUT2D eigenvalue weighted by atomic mass is 16.7. The molecule has 7 atom stereocenters. The van der Waals surface area contributed by atoms with Crippen LogP contribution in [0.2, 0.25) is 0 Å². The highest BCUT2D eigenvalue weighted by molar-refractivity contribution is 5.76. The molecular weight excluding hydrogens is 634 g/mol. The van der Waals surface area contributed by atoms with Gasteiger partial charge in [0.25, 0.3) is 0 Å². The number of hydrogen-bond donors (Lipinski definition) is 6. The van der Waals surface area contributed by atoms with Crippen molar-refractivity contribution >= 4 is 5.91 Å². The molecule has 0 spiro atoms. The van der Waals surface area contributed by atoms with Crippen LogP contribution in [0.3, 0.4) is 0 Å². The number of aliphatic hydroxyl groups excluding tert-OH is 5. The Bertz CT molecular complexity index is 879. The summed E-state index contributed by atoms with van der Waals surface area (Å²) in [5, 5.41) is 53.8. The average Bonchev–Trinajstić information content (AvgIpc) is 3.11. The van der Waals surface area contributed by atoms with E-state index in [0.29, 0.717) is 6.42 Å². The maximum Gasteiger partial charge on any atom is 0.220 e. The molecule has 0 bridgehead atoms. The van der Waals surface area contributed by atoms with Gasteiger partial charge in [-0.25, -0.2) is 0 Å². The minimum atomic E-state index is -1.57. The van der Waals surface area contributed by atoms with Crippen molar-refractivity contribution in [3.8, 4) is 0 Å². The molecular formula is C41H75NO8. The fraction of sp³-hybridized carbons (Fsp3) is 0.829. The molecule has 292 valence electrons. The summed E-state index contributed by atoms with van der Waals surface area (Å²) in [6.07, 6.45) is 30.6. The summed E-state index contributed by atoms with van der Waals surface area (Å²) in [6.45, 7) is 3.67. The molecule has 0 aromatic carbocycles. The van der Waals surface area contributed by atoms with Crippen molar-refractivity contribution in [2.45, 2.75) is 204 Å². The van der Waals surface area contributed by atoms with Crippen molar-refractivity contribution in [2.24, 2.45) is 0 Å². The highest BCUT2D eigenvalue weighted by Crippen LogP contribution is 2.22. The Labute approximate surface area is 304 Å². The van der Waals surface area contributed by atoms with Gasteiger partial charge < -0.3 is 40.3 Å². The minimum Gasteiger partial charge on any atom is -0.394 e. The number of nitrogens with one attached hydrogen (secondary N) is 1. The van der Waals surface area contributed by atoms with Crippen LogP contribution in [-0.2, 0) is 14.3 Å². The Morgan fingerprint density at radius 3 is 1.72 bits per heavy atom. The maximum absolute atomic E-state index is 12.9. The van der Waals surface area contributed by atoms with E-state index < -0.39 is 49.5 Å². The molecule has 9 heteroatoms. The van der Waals surface area contributed by atoms with Crippen molar-refractivity contribution in [1.82, 2.24) is 5.32 Å². The lowest BCUT2D eigenvalue weighted by molar-refractivity contribution is -0.302. The number of carbonyl (C=O) groups excluding carboxylic acids is 1. The van der Waals surface area contributed by atoms with Gasteiger partial charge in [-0.1, -0.05) is 134 Å². The van der Waals surface area contributed by atoms with Crippen molar-refractivity contribution in [1.29, 1.82) is 0 Å². The number of carbonyl (C=O) groups is 1. The van der Waals surface area contributed by atoms with E-state index in [1.54, 1.807) is 6.08 Å². The Balaban J connectivity index is 2.38. The van der Waals surface area contributed by atoms with E-state index in [-0.39, 0.29) is 12.5 Å². The van der Waals surface area contributed by atoms with Gasteiger partial charge in [0.1, 0.15) is 24.4 Å². The first kappa shape index (κ1) is 46.4. The molecule has 1 aliphatic heterocycles. The second kappa shape index (κ2) is 32.1. The van der Waals surface area contributed by atoms with Crippen molar-refractivity contribution in [3.63, 3.8) is 0 Å². The fourth-order valence-corrected chi connectivity index (χ4v) is 6.10. The second-order valence-electron chi connectivity index (χ2n) is 14.1. The monoisotopic (exact) mass is 710 g/mol. The third-order valence-electron chi connectivity index (χ3n) is 9.44. The second-order valence-corrected chi connectivity index (χ2v) is 14.1. The molecule has 1 amide bonds. The molecule has 1 aliphatic rings. The quantitative estimate of drug-likeness (QED) is 0.0314. The van der Waals surface area contributed by atoms with Crippen LogP contribution in [0.15, 0.2) is 36.5 Å². The van der Waals surface area contributed by atoms with Gasteiger partial charge in [0.05, 0.1) is 25.4 Å². The van der Waals surface area contributed by atoms with Crippen molar-refractivity contribution < 1.29 is 39.8 Å². The van der Waals surface area contributed by atoms with E-state index in [2.05, 4.69) is 43.5 Å². The van der Waals surface area contributed by atoms with Gasteiger partial charge in [-0.2, -0.15) is 0 Å². The van der Waals surface area contributed by atoms with Crippen LogP contribution < -0.4 is 5.32 Å². The van der Waals surface area contributed by atoms with E-state index in [0.717, 1.165) is 51.4 Å². The largest absolute Gasteiger partial charge is 0.394 e. The lowest BCUT2D eigenvalue weighted by Crippen LogP contribution is -2.60. The molecule has 1 rings (SSSR count). The fourth-order valence-electron chi connectivity index (χ4n) is 6.10. The lowest BCUT2D eigenvalue weighted by atomic mass is 9.99. The smallest absolute Gasteiger partial charge is 0.220 e. The lowest BCUT2D eigenvalue weighted by Gasteiger charge is -2.40. The molecule has 50 heavy (non-hydrogen) atoms. The first-order chi connectivity index (χ1) is 24.3. The standard InChI is InChI=1S/C41H75NO8/c1-3-5-7-9-11-13-14-15-16-17-18-19-20-21-23-25-27-29-31-37(45)42-34(35(44)30-28-26-24-22-12-10-8-6-4-2)33-49-41-40(48)39(47)38(46)36(32-43)50-41/h12,16-17,22,28,30,34-36,38-41,43-44,46-48H,3-11,13-15,18-21,23-27,29,31-33H2,1-2H3,(H,42,45)/b17-16-,22-12+,30-28+. The Kier molecular flexibility index (Phi) is 29.8. The summed E-state index contributed by atoms with van der Waals surface area (Å²) >= 11 is 0. The zero-order chi connectivity index (χ0) is 36.7. The van der Waals surface area contributed by atoms with E-state index in [1.807, 2.05) is 6.08 Å². The number of allylic oxidation sites excluding steroid dienone is 5. The number of hydrogen-bond acceptors (Lipinski definition) is 8. The zero-order valence-corrected chi connectivity index (χ0v) is 31.6. The third kappa shape index (κ3) is 23.1. The van der Waals surface area contributed by atoms with Crippen LogP contribution in [0.5, 0.6) is 0 Å². The highest BCUT2D eigenvalue weighted by Gasteiger charge is 2.44. The Hall–Kier alpha value is -1.59. The number of rotatable bonds is 32. The van der Waals surface area contributed by atoms with Gasteiger partial charge in [-0.05, 0) is 57.8 Å². The number of amides is 1. The normalized spacial score (nSPS) is 22.6. The van der Waals surface area contributed by atoms with Crippen LogP contribution in [0.25, 0.3) is 0 Å².